The SMILES string of the molecule is [C-]#[N+]c1cc2c3ccccc3n(-c3cc(C(C)(C)C)ccn3)c2[c-]c1Oc1[c-]c(-c2cn(-c3c(C)cccc3C)cn2)ccc1.[Pt+2]. The van der Waals surface area contributed by atoms with Crippen LogP contribution in [0.5, 0.6) is 11.5 Å². The van der Waals surface area contributed by atoms with Crippen molar-refractivity contribution in [3.8, 4) is 34.3 Å². The molecule has 3 aromatic heterocycles. The van der Waals surface area contributed by atoms with Gasteiger partial charge in [0.25, 0.3) is 0 Å². The molecular formula is C39H31N5OPt. The number of hydrogen-bond donors (Lipinski definition) is 0. The molecule has 228 valence electrons. The number of rotatable bonds is 5. The van der Waals surface area contributed by atoms with E-state index in [2.05, 4.69) is 104 Å². The first-order chi connectivity index (χ1) is 21.7. The summed E-state index contributed by atoms with van der Waals surface area (Å²) < 4.78 is 10.5. The predicted molar refractivity (Wildman–Crippen MR) is 180 cm³/mol. The van der Waals surface area contributed by atoms with Crippen molar-refractivity contribution in [1.29, 1.82) is 0 Å². The molecule has 0 aliphatic carbocycles. The van der Waals surface area contributed by atoms with Crippen LogP contribution in [0.2, 0.25) is 0 Å². The van der Waals surface area contributed by atoms with Crippen LogP contribution in [0.1, 0.15) is 37.5 Å². The van der Waals surface area contributed by atoms with Crippen molar-refractivity contribution in [3.05, 3.63) is 138 Å². The number of fused-ring (bicyclic) bond motifs is 3. The van der Waals surface area contributed by atoms with Crippen LogP contribution >= 0.6 is 0 Å². The molecular weight excluding hydrogens is 750 g/mol. The number of nitrogens with zero attached hydrogens (tertiary/aromatic N) is 5. The Morgan fingerprint density at radius 2 is 1.61 bits per heavy atom. The molecule has 46 heavy (non-hydrogen) atoms. The monoisotopic (exact) mass is 780 g/mol. The average molecular weight is 781 g/mol. The second kappa shape index (κ2) is 12.1. The smallest absolute Gasteiger partial charge is 0.495 e. The van der Waals surface area contributed by atoms with Crippen molar-refractivity contribution in [3.63, 3.8) is 0 Å². The van der Waals surface area contributed by atoms with Gasteiger partial charge in [0.15, 0.2) is 0 Å². The predicted octanol–water partition coefficient (Wildman–Crippen LogP) is 9.89. The molecule has 0 fully saturated rings. The van der Waals surface area contributed by atoms with E-state index in [0.717, 1.165) is 44.6 Å². The summed E-state index contributed by atoms with van der Waals surface area (Å²) in [4.78, 5) is 13.3. The Hall–Kier alpha value is -4.98. The van der Waals surface area contributed by atoms with E-state index < -0.39 is 0 Å². The maximum absolute atomic E-state index is 7.98. The molecule has 0 radical (unpaired) electrons. The number of benzene rings is 4. The van der Waals surface area contributed by atoms with E-state index in [-0.39, 0.29) is 26.5 Å². The second-order valence-electron chi connectivity index (χ2n) is 12.3. The first-order valence-corrected chi connectivity index (χ1v) is 14.9. The fraction of sp³-hybridized carbons (Fsp3) is 0.154. The van der Waals surface area contributed by atoms with Crippen LogP contribution < -0.4 is 4.74 Å². The molecule has 7 aromatic rings. The van der Waals surface area contributed by atoms with Gasteiger partial charge in [0.1, 0.15) is 18.1 Å². The van der Waals surface area contributed by atoms with Crippen LogP contribution in [0.15, 0.2) is 97.6 Å². The molecule has 7 rings (SSSR count). The van der Waals surface area contributed by atoms with Crippen molar-refractivity contribution in [2.24, 2.45) is 0 Å². The summed E-state index contributed by atoms with van der Waals surface area (Å²) in [5.74, 6) is 1.60. The number of para-hydroxylation sites is 2. The van der Waals surface area contributed by atoms with Gasteiger partial charge in [-0.05, 0) is 65.7 Å². The van der Waals surface area contributed by atoms with Crippen LogP contribution in [-0.2, 0) is 26.5 Å². The summed E-state index contributed by atoms with van der Waals surface area (Å²) in [6.45, 7) is 18.8. The first kappa shape index (κ1) is 31.0. The maximum Gasteiger partial charge on any atom is 2.00 e. The van der Waals surface area contributed by atoms with E-state index in [0.29, 0.717) is 17.2 Å². The number of pyridine rings is 1. The van der Waals surface area contributed by atoms with Gasteiger partial charge in [-0.2, -0.15) is 0 Å². The Balaban J connectivity index is 0.00000372. The molecule has 0 bridgehead atoms. The number of imidazole rings is 1. The normalized spacial score (nSPS) is 11.4. The molecule has 0 amide bonds. The molecule has 0 unspecified atom stereocenters. The fourth-order valence-electron chi connectivity index (χ4n) is 5.88. The van der Waals surface area contributed by atoms with Gasteiger partial charge in [-0.3, -0.25) is 4.98 Å². The first-order valence-electron chi connectivity index (χ1n) is 14.9. The van der Waals surface area contributed by atoms with E-state index in [1.165, 1.54) is 16.7 Å². The van der Waals surface area contributed by atoms with E-state index in [4.69, 9.17) is 16.3 Å². The maximum atomic E-state index is 7.98. The van der Waals surface area contributed by atoms with Gasteiger partial charge >= 0.3 is 21.1 Å². The largest absolute Gasteiger partial charge is 2.00 e. The minimum absolute atomic E-state index is 0. The van der Waals surface area contributed by atoms with Crippen molar-refractivity contribution in [2.45, 2.75) is 40.0 Å². The Morgan fingerprint density at radius 3 is 2.37 bits per heavy atom. The second-order valence-corrected chi connectivity index (χ2v) is 12.3. The minimum atomic E-state index is -0.0405. The average Bonchev–Trinajstić information content (AvgIpc) is 3.63. The van der Waals surface area contributed by atoms with Gasteiger partial charge in [-0.1, -0.05) is 80.2 Å². The van der Waals surface area contributed by atoms with Gasteiger partial charge in [0, 0.05) is 23.2 Å². The molecule has 0 atom stereocenters. The van der Waals surface area contributed by atoms with E-state index in [9.17, 15) is 0 Å². The zero-order chi connectivity index (χ0) is 31.3. The summed E-state index contributed by atoms with van der Waals surface area (Å²) in [7, 11) is 0. The van der Waals surface area contributed by atoms with E-state index in [1.54, 1.807) is 0 Å². The van der Waals surface area contributed by atoms with Gasteiger partial charge < -0.3 is 13.9 Å². The quantitative estimate of drug-likeness (QED) is 0.164. The molecule has 6 nitrogen and oxygen atoms in total. The van der Waals surface area contributed by atoms with Gasteiger partial charge in [0.2, 0.25) is 5.69 Å². The van der Waals surface area contributed by atoms with Crippen LogP contribution in [0, 0.1) is 32.6 Å². The molecule has 4 aromatic carbocycles. The molecule has 0 spiro atoms. The van der Waals surface area contributed by atoms with E-state index >= 15 is 0 Å². The Morgan fingerprint density at radius 1 is 0.848 bits per heavy atom. The van der Waals surface area contributed by atoms with E-state index in [1.807, 2.05) is 59.7 Å². The van der Waals surface area contributed by atoms with Crippen molar-refractivity contribution >= 4 is 27.5 Å². The number of aromatic nitrogens is 4. The van der Waals surface area contributed by atoms with Crippen molar-refractivity contribution < 1.29 is 25.8 Å². The minimum Gasteiger partial charge on any atom is -0.495 e. The number of aryl methyl sites for hydroxylation is 2. The summed E-state index contributed by atoms with van der Waals surface area (Å²) in [5, 5.41) is 1.94. The third-order valence-electron chi connectivity index (χ3n) is 8.16. The standard InChI is InChI=1S/C39H31N5O.Pt/c1-25-11-9-12-26(2)38(25)43-23-33(42-24-43)27-13-10-14-29(19-27)45-36-22-35-31(21-32(36)40-6)30-15-7-8-16-34(30)44(35)37-20-28(17-18-41-37)39(3,4)5;/h7-18,20-21,23-24H,1-5H3;/q-2;+2. The zero-order valence-electron chi connectivity index (χ0n) is 26.2. The zero-order valence-corrected chi connectivity index (χ0v) is 28.5. The van der Waals surface area contributed by atoms with Crippen LogP contribution in [-0.4, -0.2) is 19.1 Å². The summed E-state index contributed by atoms with van der Waals surface area (Å²) in [6, 6.07) is 33.0. The van der Waals surface area contributed by atoms with Crippen LogP contribution in [0.25, 0.3) is 49.4 Å². The molecule has 0 saturated carbocycles. The molecule has 0 N–H and O–H groups in total. The molecule has 0 aliphatic rings. The Labute approximate surface area is 283 Å². The molecule has 0 saturated heterocycles. The van der Waals surface area contributed by atoms with Crippen LogP contribution in [0.4, 0.5) is 5.69 Å². The number of hydrogen-bond acceptors (Lipinski definition) is 3. The number of ether oxygens (including phenoxy) is 1. The third kappa shape index (κ3) is 5.53. The molecule has 0 aliphatic heterocycles. The Bertz CT molecular complexity index is 2260. The van der Waals surface area contributed by atoms with Gasteiger partial charge in [0.05, 0.1) is 12.0 Å². The fourth-order valence-corrected chi connectivity index (χ4v) is 5.88. The topological polar surface area (TPSA) is 49.2 Å². The summed E-state index contributed by atoms with van der Waals surface area (Å²) >= 11 is 0. The van der Waals surface area contributed by atoms with Gasteiger partial charge in [-0.25, -0.2) is 9.83 Å². The van der Waals surface area contributed by atoms with Gasteiger partial charge in [-0.15, -0.1) is 29.8 Å². The summed E-state index contributed by atoms with van der Waals surface area (Å²) in [5.41, 5.74) is 8.33. The van der Waals surface area contributed by atoms with Crippen LogP contribution in [0.3, 0.4) is 0 Å². The third-order valence-corrected chi connectivity index (χ3v) is 8.16. The Kier molecular flexibility index (Phi) is 8.15. The van der Waals surface area contributed by atoms with Crippen molar-refractivity contribution in [2.75, 3.05) is 0 Å². The molecule has 7 heteroatoms. The molecule has 3 heterocycles. The summed E-state index contributed by atoms with van der Waals surface area (Å²) in [6.07, 6.45) is 5.68. The van der Waals surface area contributed by atoms with Crippen molar-refractivity contribution in [1.82, 2.24) is 19.1 Å².